The van der Waals surface area contributed by atoms with Gasteiger partial charge in [-0.05, 0) is 24.3 Å². The van der Waals surface area contributed by atoms with Crippen LogP contribution in [0.2, 0.25) is 0 Å². The highest BCUT2D eigenvalue weighted by Gasteiger charge is 2.13. The van der Waals surface area contributed by atoms with Crippen molar-refractivity contribution >= 4 is 16.7 Å². The van der Waals surface area contributed by atoms with Gasteiger partial charge in [-0.3, -0.25) is 4.79 Å². The monoisotopic (exact) mass is 326 g/mol. The van der Waals surface area contributed by atoms with Crippen LogP contribution < -0.4 is 20.3 Å². The van der Waals surface area contributed by atoms with Gasteiger partial charge >= 0.3 is 0 Å². The van der Waals surface area contributed by atoms with E-state index < -0.39 is 0 Å². The molecule has 0 saturated carbocycles. The van der Waals surface area contributed by atoms with Crippen molar-refractivity contribution in [3.8, 4) is 22.8 Å². The minimum atomic E-state index is -0.143. The number of rotatable bonds is 4. The first-order valence-corrected chi connectivity index (χ1v) is 7.35. The van der Waals surface area contributed by atoms with Gasteiger partial charge in [0.1, 0.15) is 11.2 Å². The third-order valence-corrected chi connectivity index (χ3v) is 3.82. The van der Waals surface area contributed by atoms with Gasteiger partial charge in [-0.15, -0.1) is 0 Å². The van der Waals surface area contributed by atoms with E-state index in [4.69, 9.17) is 9.47 Å². The summed E-state index contributed by atoms with van der Waals surface area (Å²) < 4.78 is 12.0. The van der Waals surface area contributed by atoms with E-state index in [0.29, 0.717) is 33.9 Å². The van der Waals surface area contributed by atoms with Crippen molar-refractivity contribution in [1.29, 1.82) is 0 Å². The molecule has 0 radical (unpaired) electrons. The fourth-order valence-electron chi connectivity index (χ4n) is 2.55. The summed E-state index contributed by atoms with van der Waals surface area (Å²) in [6.07, 6.45) is 1.50. The fraction of sp³-hybridized carbons (Fsp3) is 0.235. The van der Waals surface area contributed by atoms with Gasteiger partial charge in [0.25, 0.3) is 5.56 Å². The van der Waals surface area contributed by atoms with Crippen LogP contribution in [0.25, 0.3) is 22.2 Å². The quantitative estimate of drug-likeness (QED) is 0.790. The summed E-state index contributed by atoms with van der Waals surface area (Å²) in [6, 6.07) is 7.33. The van der Waals surface area contributed by atoms with E-state index in [9.17, 15) is 4.79 Å². The Labute approximate surface area is 138 Å². The van der Waals surface area contributed by atoms with Gasteiger partial charge in [-0.2, -0.15) is 0 Å². The Morgan fingerprint density at radius 3 is 2.54 bits per heavy atom. The molecule has 7 heteroatoms. The van der Waals surface area contributed by atoms with Crippen molar-refractivity contribution in [3.63, 3.8) is 0 Å². The Morgan fingerprint density at radius 2 is 1.88 bits per heavy atom. The Bertz CT molecular complexity index is 966. The van der Waals surface area contributed by atoms with E-state index in [1.165, 1.54) is 10.9 Å². The maximum Gasteiger partial charge on any atom is 0.264 e. The number of nitrogens with one attached hydrogen (secondary N) is 1. The van der Waals surface area contributed by atoms with Crippen molar-refractivity contribution in [2.45, 2.75) is 0 Å². The molecule has 0 aliphatic heterocycles. The van der Waals surface area contributed by atoms with E-state index >= 15 is 0 Å². The average molecular weight is 326 g/mol. The summed E-state index contributed by atoms with van der Waals surface area (Å²) in [4.78, 5) is 21.2. The zero-order chi connectivity index (χ0) is 17.3. The van der Waals surface area contributed by atoms with Crippen LogP contribution in [0.15, 0.2) is 35.4 Å². The average Bonchev–Trinajstić information content (AvgIpc) is 2.63. The summed E-state index contributed by atoms with van der Waals surface area (Å²) in [5.41, 5.74) is 1.97. The molecule has 0 amide bonds. The van der Waals surface area contributed by atoms with Crippen LogP contribution in [-0.2, 0) is 7.05 Å². The van der Waals surface area contributed by atoms with Gasteiger partial charge in [0.15, 0.2) is 11.5 Å². The minimum Gasteiger partial charge on any atom is -0.493 e. The molecule has 1 N–H and O–H groups in total. The molecule has 24 heavy (non-hydrogen) atoms. The molecule has 0 bridgehead atoms. The van der Waals surface area contributed by atoms with Crippen molar-refractivity contribution in [2.75, 3.05) is 26.6 Å². The number of benzene rings is 1. The van der Waals surface area contributed by atoms with Gasteiger partial charge in [0.2, 0.25) is 0 Å². The maximum atomic E-state index is 12.3. The van der Waals surface area contributed by atoms with Crippen molar-refractivity contribution in [2.24, 2.45) is 7.05 Å². The van der Waals surface area contributed by atoms with Gasteiger partial charge < -0.3 is 19.4 Å². The van der Waals surface area contributed by atoms with Crippen LogP contribution in [0.4, 0.5) is 5.82 Å². The van der Waals surface area contributed by atoms with Gasteiger partial charge in [-0.1, -0.05) is 0 Å². The Balaban J connectivity index is 2.24. The summed E-state index contributed by atoms with van der Waals surface area (Å²) in [5, 5.41) is 3.44. The number of ether oxygens (including phenoxy) is 2. The topological polar surface area (TPSA) is 78.3 Å². The number of hydrogen-bond acceptors (Lipinski definition) is 6. The third-order valence-electron chi connectivity index (χ3n) is 3.82. The summed E-state index contributed by atoms with van der Waals surface area (Å²) in [7, 11) is 6.56. The predicted octanol–water partition coefficient (Wildman–Crippen LogP) is 2.05. The highest BCUT2D eigenvalue weighted by molar-refractivity contribution is 5.91. The van der Waals surface area contributed by atoms with Gasteiger partial charge in [-0.25, -0.2) is 9.97 Å². The van der Waals surface area contributed by atoms with Crippen molar-refractivity contribution < 1.29 is 9.47 Å². The number of pyridine rings is 1. The molecule has 7 nitrogen and oxygen atoms in total. The molecule has 3 rings (SSSR count). The molecule has 0 aliphatic carbocycles. The first-order valence-electron chi connectivity index (χ1n) is 7.35. The number of hydrogen-bond donors (Lipinski definition) is 1. The highest BCUT2D eigenvalue weighted by atomic mass is 16.5. The molecular weight excluding hydrogens is 308 g/mol. The molecular formula is C17H18N4O3. The third kappa shape index (κ3) is 2.54. The molecule has 1 aromatic carbocycles. The number of anilines is 1. The fourth-order valence-corrected chi connectivity index (χ4v) is 2.55. The maximum absolute atomic E-state index is 12.3. The molecule has 0 atom stereocenters. The van der Waals surface area contributed by atoms with Crippen LogP contribution in [0.3, 0.4) is 0 Å². The number of fused-ring (bicyclic) bond motifs is 1. The lowest BCUT2D eigenvalue weighted by atomic mass is 10.1. The number of aryl methyl sites for hydroxylation is 1. The minimum absolute atomic E-state index is 0.143. The second-order valence-electron chi connectivity index (χ2n) is 5.23. The van der Waals surface area contributed by atoms with Crippen molar-refractivity contribution in [3.05, 3.63) is 40.9 Å². The van der Waals surface area contributed by atoms with E-state index in [2.05, 4.69) is 15.3 Å². The zero-order valence-corrected chi connectivity index (χ0v) is 14.0. The molecule has 124 valence electrons. The van der Waals surface area contributed by atoms with E-state index in [1.807, 2.05) is 18.2 Å². The molecule has 2 heterocycles. The second kappa shape index (κ2) is 6.19. The molecule has 0 fully saturated rings. The van der Waals surface area contributed by atoms with Crippen LogP contribution in [-0.4, -0.2) is 35.8 Å². The summed E-state index contributed by atoms with van der Waals surface area (Å²) in [5.74, 6) is 1.74. The summed E-state index contributed by atoms with van der Waals surface area (Å²) in [6.45, 7) is 0. The van der Waals surface area contributed by atoms with Gasteiger partial charge in [0.05, 0.1) is 31.8 Å². The number of nitrogens with zero attached hydrogens (tertiary/aromatic N) is 3. The van der Waals surface area contributed by atoms with Crippen LogP contribution in [0.1, 0.15) is 0 Å². The Hall–Kier alpha value is -3.09. The van der Waals surface area contributed by atoms with E-state index in [1.54, 1.807) is 34.4 Å². The largest absolute Gasteiger partial charge is 0.493 e. The predicted molar refractivity (Wildman–Crippen MR) is 92.9 cm³/mol. The van der Waals surface area contributed by atoms with E-state index in [-0.39, 0.29) is 5.56 Å². The second-order valence-corrected chi connectivity index (χ2v) is 5.23. The van der Waals surface area contributed by atoms with Crippen molar-refractivity contribution in [1.82, 2.24) is 14.5 Å². The lowest BCUT2D eigenvalue weighted by Crippen LogP contribution is -2.18. The standard InChI is InChI=1S/C17H18N4O3/c1-18-16-15-12(19-9-21(2)17(15)22)8-11(20-16)10-5-6-13(23-3)14(7-10)24-4/h5-9H,1-4H3,(H,18,20). The van der Waals surface area contributed by atoms with E-state index in [0.717, 1.165) is 5.56 Å². The summed E-state index contributed by atoms with van der Waals surface area (Å²) >= 11 is 0. The lowest BCUT2D eigenvalue weighted by molar-refractivity contribution is 0.355. The lowest BCUT2D eigenvalue weighted by Gasteiger charge is -2.11. The Morgan fingerprint density at radius 1 is 1.12 bits per heavy atom. The number of methoxy groups -OCH3 is 2. The first-order chi connectivity index (χ1) is 11.6. The van der Waals surface area contributed by atoms with Gasteiger partial charge in [0, 0.05) is 19.7 Å². The smallest absolute Gasteiger partial charge is 0.264 e. The molecule has 0 aliphatic rings. The SMILES string of the molecule is CNc1nc(-c2ccc(OC)c(OC)c2)cc2ncn(C)c(=O)c12. The van der Waals surface area contributed by atoms with Crippen LogP contribution >= 0.6 is 0 Å². The zero-order valence-electron chi connectivity index (χ0n) is 14.0. The number of aromatic nitrogens is 3. The highest BCUT2D eigenvalue weighted by Crippen LogP contribution is 2.33. The molecule has 3 aromatic rings. The molecule has 2 aromatic heterocycles. The normalized spacial score (nSPS) is 10.7. The first kappa shape index (κ1) is 15.8. The van der Waals surface area contributed by atoms with Crippen LogP contribution in [0, 0.1) is 0 Å². The Kier molecular flexibility index (Phi) is 4.07. The molecule has 0 unspecified atom stereocenters. The van der Waals surface area contributed by atoms with Crippen LogP contribution in [0.5, 0.6) is 11.5 Å². The molecule has 0 saturated heterocycles. The molecule has 0 spiro atoms.